The van der Waals surface area contributed by atoms with E-state index in [4.69, 9.17) is 9.47 Å². The molecule has 4 aromatic heterocycles. The minimum Gasteiger partial charge on any atom is -0.482 e. The molecule has 1 fully saturated rings. The molecule has 0 aliphatic carbocycles. The van der Waals surface area contributed by atoms with Crippen LogP contribution in [0.5, 0.6) is 5.75 Å². The molecule has 0 bridgehead atoms. The third-order valence-electron chi connectivity index (χ3n) is 7.14. The molecule has 0 saturated carbocycles. The molecule has 13 heteroatoms. The average molecular weight is 561 g/mol. The van der Waals surface area contributed by atoms with Gasteiger partial charge in [0.15, 0.2) is 0 Å². The van der Waals surface area contributed by atoms with Crippen molar-refractivity contribution in [3.63, 3.8) is 0 Å². The van der Waals surface area contributed by atoms with Crippen molar-refractivity contribution in [2.45, 2.75) is 85.1 Å². The number of aromatic nitrogens is 8. The van der Waals surface area contributed by atoms with Gasteiger partial charge < -0.3 is 14.4 Å². The molecule has 1 amide bonds. The van der Waals surface area contributed by atoms with Gasteiger partial charge in [-0.15, -0.1) is 10.2 Å². The van der Waals surface area contributed by atoms with E-state index in [2.05, 4.69) is 31.8 Å². The van der Waals surface area contributed by atoms with Gasteiger partial charge in [0.2, 0.25) is 0 Å². The molecule has 0 aromatic carbocycles. The number of nitriles is 1. The summed E-state index contributed by atoms with van der Waals surface area (Å²) in [4.78, 5) is 14.2. The molecule has 216 valence electrons. The maximum Gasteiger partial charge on any atom is 0.410 e. The summed E-state index contributed by atoms with van der Waals surface area (Å²) in [6.45, 7) is 14.7. The van der Waals surface area contributed by atoms with Gasteiger partial charge in [0.25, 0.3) is 0 Å². The number of carbonyl (C=O) groups is 1. The Morgan fingerprint density at radius 3 is 2.49 bits per heavy atom. The Kier molecular flexibility index (Phi) is 7.42. The molecule has 0 radical (unpaired) electrons. The van der Waals surface area contributed by atoms with Gasteiger partial charge in [0, 0.05) is 30.9 Å². The summed E-state index contributed by atoms with van der Waals surface area (Å²) in [6, 6.07) is 4.35. The van der Waals surface area contributed by atoms with E-state index in [0.717, 1.165) is 24.1 Å². The predicted octanol–water partition coefficient (Wildman–Crippen LogP) is 4.66. The fraction of sp³-hybridized carbons (Fsp3) is 0.536. The largest absolute Gasteiger partial charge is 0.482 e. The fourth-order valence-electron chi connectivity index (χ4n) is 4.94. The van der Waals surface area contributed by atoms with E-state index in [9.17, 15) is 10.1 Å². The van der Waals surface area contributed by atoms with E-state index >= 15 is 0 Å². The van der Waals surface area contributed by atoms with Gasteiger partial charge in [-0.1, -0.05) is 10.4 Å². The van der Waals surface area contributed by atoms with Gasteiger partial charge in [-0.3, -0.25) is 0 Å². The van der Waals surface area contributed by atoms with Crippen molar-refractivity contribution in [3.8, 4) is 23.1 Å². The van der Waals surface area contributed by atoms with Crippen molar-refractivity contribution >= 4 is 11.6 Å². The van der Waals surface area contributed by atoms with Crippen molar-refractivity contribution in [1.29, 1.82) is 5.26 Å². The molecular weight excluding hydrogens is 524 g/mol. The number of nitrogens with zero attached hydrogens (tertiary/aromatic N) is 10. The van der Waals surface area contributed by atoms with Crippen LogP contribution in [0.3, 0.4) is 0 Å². The van der Waals surface area contributed by atoms with E-state index in [1.165, 1.54) is 6.20 Å². The molecule has 4 aromatic rings. The zero-order chi connectivity index (χ0) is 29.5. The zero-order valence-electron chi connectivity index (χ0n) is 24.6. The summed E-state index contributed by atoms with van der Waals surface area (Å²) in [5.41, 5.74) is 3.47. The highest BCUT2D eigenvalue weighted by Crippen LogP contribution is 2.34. The first-order chi connectivity index (χ1) is 19.4. The molecule has 1 atom stereocenters. The van der Waals surface area contributed by atoms with Gasteiger partial charge in [0.05, 0.1) is 24.1 Å². The minimum absolute atomic E-state index is 0.105. The molecule has 1 aliphatic heterocycles. The van der Waals surface area contributed by atoms with Crippen LogP contribution in [0.25, 0.3) is 16.8 Å². The SMILES string of the molecule is Cc1c(-c2cc(OC(C)c3cn(C(C)C)nn3)c3c(C#N)cnn3c2)nnn1C1CCN(C(=O)OC(C)(C)C)CC1. The average Bonchev–Trinajstić information content (AvgIpc) is 3.66. The number of hydrogen-bond donors (Lipinski definition) is 0. The lowest BCUT2D eigenvalue weighted by Gasteiger charge is -2.33. The van der Waals surface area contributed by atoms with Crippen molar-refractivity contribution in [2.75, 3.05) is 13.1 Å². The normalized spacial score (nSPS) is 15.3. The maximum absolute atomic E-state index is 12.5. The van der Waals surface area contributed by atoms with Crippen molar-refractivity contribution in [3.05, 3.63) is 41.6 Å². The number of pyridine rings is 1. The summed E-state index contributed by atoms with van der Waals surface area (Å²) in [7, 11) is 0. The third kappa shape index (κ3) is 5.73. The second kappa shape index (κ2) is 10.8. The van der Waals surface area contributed by atoms with Crippen LogP contribution in [-0.2, 0) is 4.74 Å². The Bertz CT molecular complexity index is 1600. The summed E-state index contributed by atoms with van der Waals surface area (Å²) in [5, 5.41) is 31.6. The second-order valence-corrected chi connectivity index (χ2v) is 11.7. The molecule has 0 spiro atoms. The fourth-order valence-corrected chi connectivity index (χ4v) is 4.94. The first-order valence-corrected chi connectivity index (χ1v) is 13.8. The summed E-state index contributed by atoms with van der Waals surface area (Å²) in [5.74, 6) is 0.489. The van der Waals surface area contributed by atoms with Gasteiger partial charge in [-0.25, -0.2) is 18.7 Å². The van der Waals surface area contributed by atoms with Crippen LogP contribution in [-0.4, -0.2) is 69.3 Å². The topological polar surface area (TPSA) is 141 Å². The van der Waals surface area contributed by atoms with Crippen LogP contribution in [0, 0.1) is 18.3 Å². The number of fused-ring (bicyclic) bond motifs is 1. The minimum atomic E-state index is -0.526. The van der Waals surface area contributed by atoms with E-state index in [1.807, 2.05) is 71.6 Å². The van der Waals surface area contributed by atoms with Crippen LogP contribution in [0.4, 0.5) is 4.79 Å². The number of ether oxygens (including phenoxy) is 2. The molecule has 41 heavy (non-hydrogen) atoms. The standard InChI is InChI=1S/C28H36N10O3/c1-17(2)36-16-23(31-33-36)19(4)40-24-12-20(15-37-26(24)21(13-29)14-30-37)25-18(3)38(34-32-25)22-8-10-35(11-9-22)27(39)41-28(5,6)7/h12,14-17,19,22H,8-11H2,1-7H3. The molecule has 13 nitrogen and oxygen atoms in total. The monoisotopic (exact) mass is 560 g/mol. The summed E-state index contributed by atoms with van der Waals surface area (Å²) in [6.07, 6.45) is 6.00. The number of piperidine rings is 1. The van der Waals surface area contributed by atoms with Gasteiger partial charge in [-0.05, 0) is 67.4 Å². The quantitative estimate of drug-likeness (QED) is 0.329. The summed E-state index contributed by atoms with van der Waals surface area (Å²) >= 11 is 0. The lowest BCUT2D eigenvalue weighted by atomic mass is 10.0. The highest BCUT2D eigenvalue weighted by molar-refractivity contribution is 5.75. The Balaban J connectivity index is 1.40. The second-order valence-electron chi connectivity index (χ2n) is 11.7. The van der Waals surface area contributed by atoms with E-state index in [1.54, 1.807) is 14.1 Å². The highest BCUT2D eigenvalue weighted by Gasteiger charge is 2.29. The number of carbonyl (C=O) groups excluding carboxylic acids is 1. The first kappa shape index (κ1) is 28.1. The Labute approximate surface area is 238 Å². The van der Waals surface area contributed by atoms with Crippen LogP contribution in [0.1, 0.15) is 89.5 Å². The molecule has 1 unspecified atom stereocenters. The lowest BCUT2D eigenvalue weighted by Crippen LogP contribution is -2.42. The van der Waals surface area contributed by atoms with E-state index < -0.39 is 11.7 Å². The summed E-state index contributed by atoms with van der Waals surface area (Å²) < 4.78 is 17.2. The molecule has 1 aliphatic rings. The first-order valence-electron chi connectivity index (χ1n) is 13.8. The smallest absolute Gasteiger partial charge is 0.410 e. The van der Waals surface area contributed by atoms with Crippen LogP contribution < -0.4 is 4.74 Å². The predicted molar refractivity (Wildman–Crippen MR) is 149 cm³/mol. The van der Waals surface area contributed by atoms with Gasteiger partial charge >= 0.3 is 6.09 Å². The maximum atomic E-state index is 12.5. The number of amides is 1. The number of hydrogen-bond acceptors (Lipinski definition) is 9. The Morgan fingerprint density at radius 1 is 1.12 bits per heavy atom. The highest BCUT2D eigenvalue weighted by atomic mass is 16.6. The van der Waals surface area contributed by atoms with Crippen molar-refractivity contribution in [2.24, 2.45) is 0 Å². The number of rotatable bonds is 6. The Hall–Kier alpha value is -4.47. The van der Waals surface area contributed by atoms with E-state index in [0.29, 0.717) is 41.3 Å². The van der Waals surface area contributed by atoms with Gasteiger partial charge in [-0.2, -0.15) is 10.4 Å². The molecule has 5 rings (SSSR count). The van der Waals surface area contributed by atoms with Gasteiger partial charge in [0.1, 0.15) is 46.0 Å². The molecule has 5 heterocycles. The zero-order valence-corrected chi connectivity index (χ0v) is 24.6. The molecule has 1 saturated heterocycles. The van der Waals surface area contributed by atoms with Crippen molar-refractivity contribution < 1.29 is 14.3 Å². The molecule has 0 N–H and O–H groups in total. The van der Waals surface area contributed by atoms with Crippen LogP contribution >= 0.6 is 0 Å². The van der Waals surface area contributed by atoms with Crippen LogP contribution in [0.15, 0.2) is 24.7 Å². The van der Waals surface area contributed by atoms with E-state index in [-0.39, 0.29) is 18.2 Å². The lowest BCUT2D eigenvalue weighted by molar-refractivity contribution is 0.0183. The van der Waals surface area contributed by atoms with Crippen LogP contribution in [0.2, 0.25) is 0 Å². The Morgan fingerprint density at radius 2 is 1.85 bits per heavy atom. The molecular formula is C28H36N10O3. The van der Waals surface area contributed by atoms with Crippen molar-refractivity contribution in [1.82, 2.24) is 44.5 Å². The third-order valence-corrected chi connectivity index (χ3v) is 7.14. The number of likely N-dealkylation sites (tertiary alicyclic amines) is 1.